The predicted octanol–water partition coefficient (Wildman–Crippen LogP) is 0.745. The standard InChI is InChI=1S/C8H14NO2/c1-9(2)8(11)6-4-3-5-7-10/h3-6H2,1-2H3. The Labute approximate surface area is 67.4 Å². The van der Waals surface area contributed by atoms with Crippen LogP contribution in [-0.4, -0.2) is 31.2 Å². The minimum Gasteiger partial charge on any atom is -0.349 e. The van der Waals surface area contributed by atoms with Crippen LogP contribution in [0.1, 0.15) is 25.7 Å². The maximum atomic E-state index is 10.9. The van der Waals surface area contributed by atoms with E-state index in [2.05, 4.69) is 0 Å². The molecular weight excluding hydrogens is 142 g/mol. The highest BCUT2D eigenvalue weighted by Crippen LogP contribution is 1.99. The van der Waals surface area contributed by atoms with Crippen LogP contribution in [0.3, 0.4) is 0 Å². The quantitative estimate of drug-likeness (QED) is 0.551. The molecule has 0 unspecified atom stereocenters. The molecule has 3 nitrogen and oxygen atoms in total. The van der Waals surface area contributed by atoms with Gasteiger partial charge in [-0.25, -0.2) is 0 Å². The molecule has 0 aromatic heterocycles. The zero-order valence-corrected chi connectivity index (χ0v) is 7.09. The number of amides is 1. The fourth-order valence-electron chi connectivity index (χ4n) is 0.697. The van der Waals surface area contributed by atoms with E-state index in [0.717, 1.165) is 12.8 Å². The SMILES string of the molecule is CN(C)C(=O)CCCC[C]=O. The van der Waals surface area contributed by atoms with Gasteiger partial charge in [0.2, 0.25) is 5.91 Å². The maximum Gasteiger partial charge on any atom is 0.222 e. The van der Waals surface area contributed by atoms with Gasteiger partial charge in [0.05, 0.1) is 0 Å². The average Bonchev–Trinajstić information content (AvgIpc) is 1.97. The van der Waals surface area contributed by atoms with E-state index >= 15 is 0 Å². The summed E-state index contributed by atoms with van der Waals surface area (Å²) in [7, 11) is 3.46. The summed E-state index contributed by atoms with van der Waals surface area (Å²) < 4.78 is 0. The van der Waals surface area contributed by atoms with E-state index in [1.165, 1.54) is 0 Å². The zero-order valence-electron chi connectivity index (χ0n) is 7.09. The molecule has 0 aliphatic heterocycles. The molecule has 0 heterocycles. The molecule has 0 N–H and O–H groups in total. The maximum absolute atomic E-state index is 10.9. The van der Waals surface area contributed by atoms with Gasteiger partial charge >= 0.3 is 0 Å². The van der Waals surface area contributed by atoms with Gasteiger partial charge in [-0.15, -0.1) is 0 Å². The zero-order chi connectivity index (χ0) is 8.69. The number of carbonyl (C=O) groups is 1. The van der Waals surface area contributed by atoms with E-state index in [9.17, 15) is 9.59 Å². The van der Waals surface area contributed by atoms with Crippen molar-refractivity contribution in [3.8, 4) is 0 Å². The van der Waals surface area contributed by atoms with Crippen molar-refractivity contribution in [3.05, 3.63) is 0 Å². The normalized spacial score (nSPS) is 9.27. The Morgan fingerprint density at radius 1 is 1.36 bits per heavy atom. The van der Waals surface area contributed by atoms with Crippen LogP contribution in [0.25, 0.3) is 0 Å². The van der Waals surface area contributed by atoms with E-state index in [4.69, 9.17) is 0 Å². The van der Waals surface area contributed by atoms with Crippen molar-refractivity contribution < 1.29 is 9.59 Å². The Hall–Kier alpha value is -0.860. The molecule has 0 saturated heterocycles. The molecule has 0 bridgehead atoms. The minimum absolute atomic E-state index is 0.121. The monoisotopic (exact) mass is 156 g/mol. The molecule has 11 heavy (non-hydrogen) atoms. The van der Waals surface area contributed by atoms with Crippen molar-refractivity contribution in [2.24, 2.45) is 0 Å². The molecule has 0 atom stereocenters. The summed E-state index contributed by atoms with van der Waals surface area (Å²) in [6.45, 7) is 0. The third-order valence-electron chi connectivity index (χ3n) is 1.42. The molecule has 0 fully saturated rings. The van der Waals surface area contributed by atoms with Gasteiger partial charge < -0.3 is 4.90 Å². The van der Waals surface area contributed by atoms with Gasteiger partial charge in [0.1, 0.15) is 0 Å². The van der Waals surface area contributed by atoms with E-state index in [1.807, 2.05) is 0 Å². The van der Waals surface area contributed by atoms with Crippen molar-refractivity contribution in [2.45, 2.75) is 25.7 Å². The molecule has 3 heteroatoms. The number of unbranched alkanes of at least 4 members (excludes halogenated alkanes) is 2. The summed E-state index contributed by atoms with van der Waals surface area (Å²) in [6.07, 6.45) is 4.33. The molecule has 0 aliphatic rings. The molecule has 0 rings (SSSR count). The van der Waals surface area contributed by atoms with Crippen LogP contribution < -0.4 is 0 Å². The third kappa shape index (κ3) is 5.58. The van der Waals surface area contributed by atoms with Gasteiger partial charge in [0, 0.05) is 26.9 Å². The van der Waals surface area contributed by atoms with Crippen LogP contribution in [0.15, 0.2) is 0 Å². The van der Waals surface area contributed by atoms with Crippen LogP contribution in [0, 0.1) is 0 Å². The molecule has 1 amide bonds. The Kier molecular flexibility index (Phi) is 5.43. The van der Waals surface area contributed by atoms with E-state index in [-0.39, 0.29) is 5.91 Å². The van der Waals surface area contributed by atoms with E-state index in [1.54, 1.807) is 25.3 Å². The predicted molar refractivity (Wildman–Crippen MR) is 42.9 cm³/mol. The second kappa shape index (κ2) is 5.89. The number of rotatable bonds is 5. The van der Waals surface area contributed by atoms with Crippen molar-refractivity contribution in [2.75, 3.05) is 14.1 Å². The lowest BCUT2D eigenvalue weighted by atomic mass is 10.2. The van der Waals surface area contributed by atoms with Gasteiger partial charge in [-0.3, -0.25) is 9.59 Å². The fourth-order valence-corrected chi connectivity index (χ4v) is 0.697. The molecule has 0 spiro atoms. The summed E-state index contributed by atoms with van der Waals surface area (Å²) in [6, 6.07) is 0. The lowest BCUT2D eigenvalue weighted by molar-refractivity contribution is -0.128. The van der Waals surface area contributed by atoms with Gasteiger partial charge in [-0.05, 0) is 12.8 Å². The number of nitrogens with zero attached hydrogens (tertiary/aromatic N) is 1. The Morgan fingerprint density at radius 3 is 2.45 bits per heavy atom. The van der Waals surface area contributed by atoms with Crippen LogP contribution in [0.2, 0.25) is 0 Å². The van der Waals surface area contributed by atoms with Crippen LogP contribution in [0.5, 0.6) is 0 Å². The van der Waals surface area contributed by atoms with Gasteiger partial charge in [0.15, 0.2) is 6.29 Å². The Bertz CT molecular complexity index is 132. The van der Waals surface area contributed by atoms with Gasteiger partial charge in [0.25, 0.3) is 0 Å². The minimum atomic E-state index is 0.121. The van der Waals surface area contributed by atoms with E-state index < -0.39 is 0 Å². The number of hydrogen-bond acceptors (Lipinski definition) is 2. The smallest absolute Gasteiger partial charge is 0.222 e. The Balaban J connectivity index is 3.24. The van der Waals surface area contributed by atoms with Crippen LogP contribution >= 0.6 is 0 Å². The first kappa shape index (κ1) is 10.1. The average molecular weight is 156 g/mol. The third-order valence-corrected chi connectivity index (χ3v) is 1.42. The van der Waals surface area contributed by atoms with Crippen molar-refractivity contribution in [1.82, 2.24) is 4.90 Å². The first-order valence-electron chi connectivity index (χ1n) is 3.73. The molecule has 0 saturated carbocycles. The highest BCUT2D eigenvalue weighted by molar-refractivity contribution is 5.75. The Morgan fingerprint density at radius 2 is 2.00 bits per heavy atom. The largest absolute Gasteiger partial charge is 0.349 e. The van der Waals surface area contributed by atoms with Crippen LogP contribution in [-0.2, 0) is 9.59 Å². The lowest BCUT2D eigenvalue weighted by Crippen LogP contribution is -2.20. The summed E-state index contributed by atoms with van der Waals surface area (Å²) in [5.41, 5.74) is 0. The molecule has 0 aliphatic carbocycles. The number of carbonyl (C=O) groups excluding carboxylic acids is 2. The highest BCUT2D eigenvalue weighted by Gasteiger charge is 2.01. The fraction of sp³-hybridized carbons (Fsp3) is 0.750. The summed E-state index contributed by atoms with van der Waals surface area (Å²) in [4.78, 5) is 22.3. The second-order valence-electron chi connectivity index (χ2n) is 2.64. The van der Waals surface area contributed by atoms with Crippen molar-refractivity contribution >= 4 is 12.2 Å². The van der Waals surface area contributed by atoms with Gasteiger partial charge in [-0.1, -0.05) is 0 Å². The first-order valence-corrected chi connectivity index (χ1v) is 3.73. The first-order chi connectivity index (χ1) is 5.18. The highest BCUT2D eigenvalue weighted by atomic mass is 16.2. The van der Waals surface area contributed by atoms with Crippen LogP contribution in [0.4, 0.5) is 0 Å². The molecular formula is C8H14NO2. The molecule has 0 aromatic rings. The number of hydrogen-bond donors (Lipinski definition) is 0. The molecule has 63 valence electrons. The van der Waals surface area contributed by atoms with E-state index in [0.29, 0.717) is 12.8 Å². The van der Waals surface area contributed by atoms with Crippen molar-refractivity contribution in [3.63, 3.8) is 0 Å². The summed E-state index contributed by atoms with van der Waals surface area (Å²) in [5.74, 6) is 0.121. The van der Waals surface area contributed by atoms with Crippen molar-refractivity contribution in [1.29, 1.82) is 0 Å². The summed E-state index contributed by atoms with van der Waals surface area (Å²) >= 11 is 0. The molecule has 0 aromatic carbocycles. The lowest BCUT2D eigenvalue weighted by Gasteiger charge is -2.08. The molecule has 1 radical (unpaired) electrons. The topological polar surface area (TPSA) is 37.4 Å². The second-order valence-corrected chi connectivity index (χ2v) is 2.64. The summed E-state index contributed by atoms with van der Waals surface area (Å²) in [5, 5.41) is 0. The van der Waals surface area contributed by atoms with Gasteiger partial charge in [-0.2, -0.15) is 0 Å².